The number of carbonyl (C=O) groups excluding carboxylic acids is 1. The Morgan fingerprint density at radius 1 is 0.938 bits per heavy atom. The summed E-state index contributed by atoms with van der Waals surface area (Å²) in [5.41, 5.74) is 6.96. The van der Waals surface area contributed by atoms with Crippen LogP contribution < -0.4 is 10.2 Å². The van der Waals surface area contributed by atoms with Crippen molar-refractivity contribution < 1.29 is 4.79 Å². The van der Waals surface area contributed by atoms with Crippen molar-refractivity contribution >= 4 is 29.8 Å². The van der Waals surface area contributed by atoms with Gasteiger partial charge in [0, 0.05) is 0 Å². The van der Waals surface area contributed by atoms with Gasteiger partial charge in [-0.2, -0.15) is 0 Å². The summed E-state index contributed by atoms with van der Waals surface area (Å²) >= 11 is -0.198. The second-order valence-corrected chi connectivity index (χ2v) is 5.49. The van der Waals surface area contributed by atoms with Crippen LogP contribution in [0.5, 0.6) is 0 Å². The molecule has 2 N–H and O–H groups in total. The van der Waals surface area contributed by atoms with Crippen LogP contribution in [0, 0.1) is 0 Å². The van der Waals surface area contributed by atoms with Gasteiger partial charge in [-0.3, -0.25) is 0 Å². The van der Waals surface area contributed by atoms with Gasteiger partial charge >= 0.3 is 100 Å². The molecule has 0 spiro atoms. The van der Waals surface area contributed by atoms with Crippen molar-refractivity contribution in [3.05, 3.63) is 60.2 Å². The van der Waals surface area contributed by atoms with Crippen LogP contribution in [0.1, 0.15) is 10.4 Å². The molecule has 0 fully saturated rings. The zero-order valence-corrected chi connectivity index (χ0v) is 10.3. The molecule has 0 amide bonds. The van der Waals surface area contributed by atoms with E-state index in [4.69, 9.17) is 5.73 Å². The number of nitrogen functional groups attached to an aromatic ring is 1. The Labute approximate surface area is 101 Å². The van der Waals surface area contributed by atoms with Crippen LogP contribution >= 0.6 is 0 Å². The third kappa shape index (κ3) is 2.51. The molecule has 0 saturated carbocycles. The molecular weight excluding hydrogens is 265 g/mol. The SMILES string of the molecule is Nc1ccccc1C(=O)[Se]c1ccccc1. The van der Waals surface area contributed by atoms with Crippen molar-refractivity contribution in [3.8, 4) is 0 Å². The Balaban J connectivity index is 2.19. The first-order valence-corrected chi connectivity index (χ1v) is 6.60. The average Bonchev–Trinajstić information content (AvgIpc) is 2.31. The fourth-order valence-electron chi connectivity index (χ4n) is 1.33. The van der Waals surface area contributed by atoms with Crippen LogP contribution in [0.4, 0.5) is 5.69 Å². The number of nitrogens with two attached hydrogens (primary N) is 1. The molecule has 2 aromatic rings. The van der Waals surface area contributed by atoms with E-state index in [1.54, 1.807) is 12.1 Å². The molecule has 0 aliphatic carbocycles. The van der Waals surface area contributed by atoms with Crippen LogP contribution in [0.25, 0.3) is 0 Å². The zero-order valence-electron chi connectivity index (χ0n) is 8.59. The summed E-state index contributed by atoms with van der Waals surface area (Å²) in [6.45, 7) is 0. The van der Waals surface area contributed by atoms with Gasteiger partial charge in [-0.15, -0.1) is 0 Å². The number of anilines is 1. The molecule has 3 heteroatoms. The van der Waals surface area contributed by atoms with E-state index in [0.717, 1.165) is 4.46 Å². The van der Waals surface area contributed by atoms with Crippen molar-refractivity contribution in [3.63, 3.8) is 0 Å². The van der Waals surface area contributed by atoms with E-state index < -0.39 is 0 Å². The third-order valence-electron chi connectivity index (χ3n) is 2.13. The van der Waals surface area contributed by atoms with E-state index in [2.05, 4.69) is 0 Å². The number of hydrogen-bond donors (Lipinski definition) is 1. The van der Waals surface area contributed by atoms with E-state index >= 15 is 0 Å². The second-order valence-electron chi connectivity index (χ2n) is 3.29. The minimum atomic E-state index is -0.198. The molecule has 0 atom stereocenters. The average molecular weight is 276 g/mol. The van der Waals surface area contributed by atoms with Gasteiger partial charge in [-0.1, -0.05) is 0 Å². The van der Waals surface area contributed by atoms with Gasteiger partial charge < -0.3 is 0 Å². The summed E-state index contributed by atoms with van der Waals surface area (Å²) in [7, 11) is 0. The van der Waals surface area contributed by atoms with Gasteiger partial charge in [0.15, 0.2) is 0 Å². The van der Waals surface area contributed by atoms with Crippen LogP contribution in [0.3, 0.4) is 0 Å². The fraction of sp³-hybridized carbons (Fsp3) is 0. The van der Waals surface area contributed by atoms with Crippen LogP contribution in [-0.4, -0.2) is 19.6 Å². The zero-order chi connectivity index (χ0) is 11.4. The Morgan fingerprint density at radius 2 is 1.56 bits per heavy atom. The summed E-state index contributed by atoms with van der Waals surface area (Å²) < 4.78 is 1.19. The van der Waals surface area contributed by atoms with Crippen molar-refractivity contribution in [1.29, 1.82) is 0 Å². The van der Waals surface area contributed by atoms with Crippen LogP contribution in [0.2, 0.25) is 0 Å². The molecule has 80 valence electrons. The topological polar surface area (TPSA) is 43.1 Å². The van der Waals surface area contributed by atoms with E-state index in [9.17, 15) is 4.79 Å². The molecule has 0 aliphatic heterocycles. The van der Waals surface area contributed by atoms with Crippen molar-refractivity contribution in [2.24, 2.45) is 0 Å². The summed E-state index contributed by atoms with van der Waals surface area (Å²) in [6, 6.07) is 17.0. The number of para-hydroxylation sites is 1. The summed E-state index contributed by atoms with van der Waals surface area (Å²) in [5.74, 6) is 0. The maximum atomic E-state index is 12.0. The van der Waals surface area contributed by atoms with Gasteiger partial charge in [0.05, 0.1) is 0 Å². The molecule has 0 aromatic heterocycles. The molecule has 2 aromatic carbocycles. The van der Waals surface area contributed by atoms with E-state index in [1.807, 2.05) is 42.5 Å². The summed E-state index contributed by atoms with van der Waals surface area (Å²) in [4.78, 5) is 12.0. The minimum absolute atomic E-state index is 0.122. The van der Waals surface area contributed by atoms with Gasteiger partial charge in [0.25, 0.3) is 0 Å². The van der Waals surface area contributed by atoms with Crippen LogP contribution in [0.15, 0.2) is 54.6 Å². The quantitative estimate of drug-likeness (QED) is 0.681. The second kappa shape index (κ2) is 4.97. The molecule has 16 heavy (non-hydrogen) atoms. The van der Waals surface area contributed by atoms with Crippen LogP contribution in [-0.2, 0) is 0 Å². The van der Waals surface area contributed by atoms with Gasteiger partial charge in [0.1, 0.15) is 0 Å². The predicted octanol–water partition coefficient (Wildman–Crippen LogP) is 1.44. The third-order valence-corrected chi connectivity index (χ3v) is 4.05. The monoisotopic (exact) mass is 277 g/mol. The molecule has 0 aliphatic rings. The number of carbonyl (C=O) groups is 1. The van der Waals surface area contributed by atoms with Crippen molar-refractivity contribution in [1.82, 2.24) is 0 Å². The predicted molar refractivity (Wildman–Crippen MR) is 67.0 cm³/mol. The molecule has 2 nitrogen and oxygen atoms in total. The molecule has 0 heterocycles. The van der Waals surface area contributed by atoms with E-state index in [-0.39, 0.29) is 19.6 Å². The molecule has 0 saturated heterocycles. The van der Waals surface area contributed by atoms with Gasteiger partial charge in [-0.05, 0) is 0 Å². The van der Waals surface area contributed by atoms with Gasteiger partial charge in [0.2, 0.25) is 0 Å². The summed E-state index contributed by atoms with van der Waals surface area (Å²) in [6.07, 6.45) is 0. The number of rotatable bonds is 3. The standard InChI is InChI=1S/C13H11NOSe/c14-12-9-5-4-8-11(12)13(15)16-10-6-2-1-3-7-10/h1-9H,14H2. The fourth-order valence-corrected chi connectivity index (χ4v) is 3.02. The normalized spacial score (nSPS) is 10.0. The van der Waals surface area contributed by atoms with Crippen molar-refractivity contribution in [2.75, 3.05) is 5.73 Å². The van der Waals surface area contributed by atoms with Crippen molar-refractivity contribution in [2.45, 2.75) is 0 Å². The molecule has 0 unspecified atom stereocenters. The first kappa shape index (κ1) is 10.9. The van der Waals surface area contributed by atoms with E-state index in [0.29, 0.717) is 11.3 Å². The Morgan fingerprint density at radius 3 is 2.25 bits per heavy atom. The molecule has 0 bridgehead atoms. The first-order valence-electron chi connectivity index (χ1n) is 4.89. The number of benzene rings is 2. The van der Waals surface area contributed by atoms with Gasteiger partial charge in [-0.25, -0.2) is 0 Å². The summed E-state index contributed by atoms with van der Waals surface area (Å²) in [5, 5.41) is 0. The Kier molecular flexibility index (Phi) is 3.40. The maximum absolute atomic E-state index is 12.0. The molecular formula is C13H11NOSe. The van der Waals surface area contributed by atoms with E-state index in [1.165, 1.54) is 0 Å². The Bertz CT molecular complexity index is 496. The first-order chi connectivity index (χ1) is 7.77. The molecule has 2 rings (SSSR count). The Hall–Kier alpha value is -1.57. The molecule has 0 radical (unpaired) electrons. The number of hydrogen-bond acceptors (Lipinski definition) is 2.